The Morgan fingerprint density at radius 2 is 1.82 bits per heavy atom. The average molecular weight is 292 g/mol. The highest BCUT2D eigenvalue weighted by Crippen LogP contribution is 2.26. The number of nitrogens with zero attached hydrogens (tertiary/aromatic N) is 1. The van der Waals surface area contributed by atoms with Crippen LogP contribution in [0.1, 0.15) is 5.56 Å². The number of ether oxygens (including phenoxy) is 1. The lowest BCUT2D eigenvalue weighted by atomic mass is 10.2. The van der Waals surface area contributed by atoms with Gasteiger partial charge in [-0.1, -0.05) is 15.9 Å². The van der Waals surface area contributed by atoms with Gasteiger partial charge >= 0.3 is 0 Å². The minimum absolute atomic E-state index is 0.151. The minimum Gasteiger partial charge on any atom is -0.454 e. The zero-order valence-electron chi connectivity index (χ0n) is 8.65. The summed E-state index contributed by atoms with van der Waals surface area (Å²) in [6.07, 6.45) is 0. The van der Waals surface area contributed by atoms with Gasteiger partial charge in [-0.25, -0.2) is 4.39 Å². The van der Waals surface area contributed by atoms with Crippen LogP contribution in [0.2, 0.25) is 0 Å². The molecule has 0 saturated heterocycles. The lowest BCUT2D eigenvalue weighted by molar-refractivity contribution is 0.442. The van der Waals surface area contributed by atoms with Crippen molar-refractivity contribution in [2.45, 2.75) is 0 Å². The minimum atomic E-state index is -0.441. The fraction of sp³-hybridized carbons (Fsp3) is 0. The summed E-state index contributed by atoms with van der Waals surface area (Å²) in [6, 6.07) is 13.1. The van der Waals surface area contributed by atoms with Crippen LogP contribution in [-0.4, -0.2) is 0 Å². The Bertz CT molecular complexity index is 575. The topological polar surface area (TPSA) is 33.0 Å². The molecule has 0 heterocycles. The van der Waals surface area contributed by atoms with Crippen LogP contribution in [0.3, 0.4) is 0 Å². The Morgan fingerprint density at radius 3 is 2.41 bits per heavy atom. The second kappa shape index (κ2) is 4.98. The van der Waals surface area contributed by atoms with Gasteiger partial charge in [-0.05, 0) is 42.5 Å². The Kier molecular flexibility index (Phi) is 3.40. The maximum atomic E-state index is 13.5. The molecule has 0 aromatic heterocycles. The van der Waals surface area contributed by atoms with Gasteiger partial charge in [0.15, 0.2) is 11.6 Å². The summed E-state index contributed by atoms with van der Waals surface area (Å²) in [5, 5.41) is 8.64. The third-order valence-electron chi connectivity index (χ3n) is 2.11. The lowest BCUT2D eigenvalue weighted by Gasteiger charge is -2.06. The summed E-state index contributed by atoms with van der Waals surface area (Å²) in [7, 11) is 0. The van der Waals surface area contributed by atoms with Crippen molar-refractivity contribution in [3.8, 4) is 17.6 Å². The molecule has 0 aliphatic heterocycles. The Hall–Kier alpha value is -1.86. The quantitative estimate of drug-likeness (QED) is 0.828. The number of rotatable bonds is 2. The van der Waals surface area contributed by atoms with Crippen LogP contribution in [-0.2, 0) is 0 Å². The van der Waals surface area contributed by atoms with Gasteiger partial charge < -0.3 is 4.74 Å². The van der Waals surface area contributed by atoms with Crippen molar-refractivity contribution in [3.05, 3.63) is 58.3 Å². The molecular formula is C13H7BrFNO. The zero-order chi connectivity index (χ0) is 12.3. The van der Waals surface area contributed by atoms with Crippen molar-refractivity contribution in [1.29, 1.82) is 5.26 Å². The van der Waals surface area contributed by atoms with Crippen molar-refractivity contribution in [2.24, 2.45) is 0 Å². The molecule has 2 aromatic carbocycles. The molecule has 2 aromatic rings. The van der Waals surface area contributed by atoms with Gasteiger partial charge in [0.25, 0.3) is 0 Å². The molecule has 0 unspecified atom stereocenters. The predicted molar refractivity (Wildman–Crippen MR) is 65.3 cm³/mol. The van der Waals surface area contributed by atoms with E-state index >= 15 is 0 Å². The molecule has 0 amide bonds. The molecule has 0 radical (unpaired) electrons. The summed E-state index contributed by atoms with van der Waals surface area (Å²) < 4.78 is 19.5. The molecule has 17 heavy (non-hydrogen) atoms. The SMILES string of the molecule is N#Cc1ccc(Oc2ccc(Br)cc2F)cc1. The Morgan fingerprint density at radius 1 is 1.12 bits per heavy atom. The third-order valence-corrected chi connectivity index (χ3v) is 2.60. The van der Waals surface area contributed by atoms with Gasteiger partial charge in [-0.2, -0.15) is 5.26 Å². The summed E-state index contributed by atoms with van der Waals surface area (Å²) in [4.78, 5) is 0. The summed E-state index contributed by atoms with van der Waals surface area (Å²) in [6.45, 7) is 0. The van der Waals surface area contributed by atoms with E-state index in [1.165, 1.54) is 12.1 Å². The summed E-state index contributed by atoms with van der Waals surface area (Å²) >= 11 is 3.17. The van der Waals surface area contributed by atoms with E-state index in [0.29, 0.717) is 15.8 Å². The first kappa shape index (κ1) is 11.6. The van der Waals surface area contributed by atoms with Crippen LogP contribution in [0, 0.1) is 17.1 Å². The van der Waals surface area contributed by atoms with Gasteiger partial charge in [0.05, 0.1) is 11.6 Å². The molecule has 0 bridgehead atoms. The van der Waals surface area contributed by atoms with Gasteiger partial charge in [-0.15, -0.1) is 0 Å². The monoisotopic (exact) mass is 291 g/mol. The predicted octanol–water partition coefficient (Wildman–Crippen LogP) is 4.25. The second-order valence-corrected chi connectivity index (χ2v) is 4.23. The largest absolute Gasteiger partial charge is 0.454 e. The smallest absolute Gasteiger partial charge is 0.166 e. The number of hydrogen-bond donors (Lipinski definition) is 0. The first-order chi connectivity index (χ1) is 8.19. The van der Waals surface area contributed by atoms with Crippen molar-refractivity contribution in [2.75, 3.05) is 0 Å². The molecule has 0 N–H and O–H groups in total. The van der Waals surface area contributed by atoms with Crippen LogP contribution >= 0.6 is 15.9 Å². The number of benzene rings is 2. The molecule has 4 heteroatoms. The fourth-order valence-electron chi connectivity index (χ4n) is 1.28. The zero-order valence-corrected chi connectivity index (χ0v) is 10.2. The fourth-order valence-corrected chi connectivity index (χ4v) is 1.62. The van der Waals surface area contributed by atoms with Crippen LogP contribution in [0.25, 0.3) is 0 Å². The van der Waals surface area contributed by atoms with Crippen LogP contribution in [0.15, 0.2) is 46.9 Å². The van der Waals surface area contributed by atoms with E-state index in [-0.39, 0.29) is 5.75 Å². The van der Waals surface area contributed by atoms with E-state index in [1.807, 2.05) is 6.07 Å². The van der Waals surface area contributed by atoms with Crippen molar-refractivity contribution >= 4 is 15.9 Å². The van der Waals surface area contributed by atoms with Gasteiger partial charge in [0.1, 0.15) is 5.75 Å². The normalized spacial score (nSPS) is 9.71. The van der Waals surface area contributed by atoms with E-state index in [1.54, 1.807) is 30.3 Å². The van der Waals surface area contributed by atoms with E-state index in [9.17, 15) is 4.39 Å². The number of halogens is 2. The standard InChI is InChI=1S/C13H7BrFNO/c14-10-3-6-13(12(15)7-10)17-11-4-1-9(8-16)2-5-11/h1-7H. The maximum Gasteiger partial charge on any atom is 0.166 e. The average Bonchev–Trinajstić information content (AvgIpc) is 2.34. The lowest BCUT2D eigenvalue weighted by Crippen LogP contribution is -1.88. The molecule has 0 aliphatic rings. The van der Waals surface area contributed by atoms with Gasteiger partial charge in [0, 0.05) is 4.47 Å². The third kappa shape index (κ3) is 2.83. The molecule has 0 saturated carbocycles. The number of nitriles is 1. The maximum absolute atomic E-state index is 13.5. The van der Waals surface area contributed by atoms with Crippen LogP contribution < -0.4 is 4.74 Å². The molecule has 84 valence electrons. The Labute approximate surface area is 106 Å². The van der Waals surface area contributed by atoms with Gasteiger partial charge in [-0.3, -0.25) is 0 Å². The highest BCUT2D eigenvalue weighted by molar-refractivity contribution is 9.10. The first-order valence-electron chi connectivity index (χ1n) is 4.82. The highest BCUT2D eigenvalue weighted by atomic mass is 79.9. The summed E-state index contributed by atoms with van der Waals surface area (Å²) in [5.41, 5.74) is 0.536. The highest BCUT2D eigenvalue weighted by Gasteiger charge is 2.05. The molecule has 0 fully saturated rings. The molecule has 0 aliphatic carbocycles. The van der Waals surface area contributed by atoms with E-state index in [2.05, 4.69) is 15.9 Å². The van der Waals surface area contributed by atoms with Crippen molar-refractivity contribution < 1.29 is 9.13 Å². The molecular weight excluding hydrogens is 285 g/mol. The van der Waals surface area contributed by atoms with E-state index < -0.39 is 5.82 Å². The van der Waals surface area contributed by atoms with Crippen molar-refractivity contribution in [3.63, 3.8) is 0 Å². The first-order valence-corrected chi connectivity index (χ1v) is 5.61. The van der Waals surface area contributed by atoms with Crippen LogP contribution in [0.4, 0.5) is 4.39 Å². The number of hydrogen-bond acceptors (Lipinski definition) is 2. The van der Waals surface area contributed by atoms with E-state index in [0.717, 1.165) is 0 Å². The Balaban J connectivity index is 2.23. The molecule has 0 spiro atoms. The second-order valence-electron chi connectivity index (χ2n) is 3.31. The van der Waals surface area contributed by atoms with E-state index in [4.69, 9.17) is 10.00 Å². The van der Waals surface area contributed by atoms with Crippen molar-refractivity contribution in [1.82, 2.24) is 0 Å². The molecule has 2 nitrogen and oxygen atoms in total. The molecule has 2 rings (SSSR count). The van der Waals surface area contributed by atoms with Crippen LogP contribution in [0.5, 0.6) is 11.5 Å². The summed E-state index contributed by atoms with van der Waals surface area (Å²) in [5.74, 6) is 0.201. The van der Waals surface area contributed by atoms with Gasteiger partial charge in [0.2, 0.25) is 0 Å². The molecule has 0 atom stereocenters.